The fraction of sp³-hybridized carbons (Fsp3) is 0.743. The van der Waals surface area contributed by atoms with Crippen LogP contribution in [0.25, 0.3) is 0 Å². The van der Waals surface area contributed by atoms with Gasteiger partial charge in [0.15, 0.2) is 0 Å². The molecule has 0 aromatic heterocycles. The summed E-state index contributed by atoms with van der Waals surface area (Å²) in [6, 6.07) is 7.42. The molecule has 8 heteroatoms. The van der Waals surface area contributed by atoms with Gasteiger partial charge in [0.05, 0.1) is 6.54 Å². The monoisotopic (exact) mass is 611 g/mol. The second-order valence-corrected chi connectivity index (χ2v) is 11.3. The number of unbranched alkanes of at least 4 members (excludes halogenated alkanes) is 4. The highest BCUT2D eigenvalue weighted by Gasteiger charge is 2.03. The average molecular weight is 611 g/mol. The number of amides is 1. The van der Waals surface area contributed by atoms with E-state index in [1.807, 2.05) is 19.2 Å². The van der Waals surface area contributed by atoms with E-state index in [4.69, 9.17) is 5.11 Å². The highest BCUT2D eigenvalue weighted by Crippen LogP contribution is 2.13. The van der Waals surface area contributed by atoms with E-state index < -0.39 is 0 Å². The lowest BCUT2D eigenvalue weighted by Gasteiger charge is -2.10. The van der Waals surface area contributed by atoms with Crippen molar-refractivity contribution in [1.82, 2.24) is 15.5 Å². The van der Waals surface area contributed by atoms with Crippen LogP contribution in [-0.4, -0.2) is 74.3 Å². The SMILES string of the molecule is CC(C)=O.CCC.CCC(N)=O.CCCCCCCNCC(C)=O.CN1CCCC1.CNCC(C)Cc1ccc(O)cc1. The van der Waals surface area contributed by atoms with Gasteiger partial charge in [0.2, 0.25) is 5.91 Å². The molecule has 43 heavy (non-hydrogen) atoms. The summed E-state index contributed by atoms with van der Waals surface area (Å²) >= 11 is 0. The first-order chi connectivity index (χ1) is 20.3. The number of likely N-dealkylation sites (tertiary alicyclic amines) is 1. The van der Waals surface area contributed by atoms with Crippen LogP contribution >= 0.6 is 0 Å². The normalized spacial score (nSPS) is 12.1. The van der Waals surface area contributed by atoms with Crippen molar-refractivity contribution in [3.8, 4) is 5.75 Å². The number of hydrogen-bond donors (Lipinski definition) is 4. The second kappa shape index (κ2) is 37.7. The molecule has 1 fully saturated rings. The molecule has 0 saturated carbocycles. The van der Waals surface area contributed by atoms with Gasteiger partial charge in [0.1, 0.15) is 17.3 Å². The Hall–Kier alpha value is -2.29. The molecule has 1 aromatic rings. The summed E-state index contributed by atoms with van der Waals surface area (Å²) < 4.78 is 0. The quantitative estimate of drug-likeness (QED) is 0.187. The molecule has 0 spiro atoms. The van der Waals surface area contributed by atoms with Crippen molar-refractivity contribution in [2.24, 2.45) is 11.7 Å². The highest BCUT2D eigenvalue weighted by atomic mass is 16.3. The summed E-state index contributed by atoms with van der Waals surface area (Å²) in [7, 11) is 4.14. The van der Waals surface area contributed by atoms with Gasteiger partial charge in [-0.15, -0.1) is 0 Å². The van der Waals surface area contributed by atoms with Gasteiger partial charge in [-0.25, -0.2) is 0 Å². The van der Waals surface area contributed by atoms with Crippen LogP contribution in [0, 0.1) is 5.92 Å². The topological polar surface area (TPSA) is 125 Å². The summed E-state index contributed by atoms with van der Waals surface area (Å²) in [5.74, 6) is 1.12. The van der Waals surface area contributed by atoms with E-state index in [2.05, 4.69) is 56.0 Å². The fourth-order valence-corrected chi connectivity index (χ4v) is 3.45. The molecule has 1 amide bonds. The molecule has 1 atom stereocenters. The molecule has 8 nitrogen and oxygen atoms in total. The number of aromatic hydroxyl groups is 1. The lowest BCUT2D eigenvalue weighted by molar-refractivity contribution is -0.118. The molecule has 0 radical (unpaired) electrons. The van der Waals surface area contributed by atoms with E-state index in [0.717, 1.165) is 19.5 Å². The maximum atomic E-state index is 10.5. The van der Waals surface area contributed by atoms with Crippen molar-refractivity contribution < 1.29 is 19.5 Å². The Morgan fingerprint density at radius 2 is 1.40 bits per heavy atom. The van der Waals surface area contributed by atoms with Crippen LogP contribution in [0.1, 0.15) is 119 Å². The Kier molecular flexibility index (Phi) is 41.8. The molecule has 254 valence electrons. The first kappa shape index (κ1) is 47.6. The molecule has 1 aliphatic heterocycles. The minimum Gasteiger partial charge on any atom is -0.508 e. The Balaban J connectivity index is -0.000000231. The van der Waals surface area contributed by atoms with Crippen molar-refractivity contribution >= 4 is 17.5 Å². The molecular weight excluding hydrogens is 540 g/mol. The first-order valence-electron chi connectivity index (χ1n) is 16.4. The first-order valence-corrected chi connectivity index (χ1v) is 16.4. The number of phenolic OH excluding ortho intramolecular Hbond substituents is 1. The van der Waals surface area contributed by atoms with Gasteiger partial charge in [-0.2, -0.15) is 0 Å². The largest absolute Gasteiger partial charge is 0.508 e. The zero-order valence-electron chi connectivity index (χ0n) is 29.7. The fourth-order valence-electron chi connectivity index (χ4n) is 3.45. The van der Waals surface area contributed by atoms with Crippen molar-refractivity contribution in [1.29, 1.82) is 0 Å². The number of primary amides is 1. The number of nitrogens with two attached hydrogens (primary N) is 1. The number of hydrogen-bond acceptors (Lipinski definition) is 7. The van der Waals surface area contributed by atoms with E-state index in [-0.39, 0.29) is 17.5 Å². The van der Waals surface area contributed by atoms with Gasteiger partial charge in [-0.3, -0.25) is 9.59 Å². The number of benzene rings is 1. The Labute approximate surface area is 266 Å². The second-order valence-electron chi connectivity index (χ2n) is 11.3. The molecule has 5 N–H and O–H groups in total. The van der Waals surface area contributed by atoms with E-state index in [1.54, 1.807) is 26.0 Å². The molecule has 1 heterocycles. The van der Waals surface area contributed by atoms with Crippen LogP contribution in [0.4, 0.5) is 0 Å². The maximum absolute atomic E-state index is 10.5. The van der Waals surface area contributed by atoms with E-state index in [0.29, 0.717) is 24.6 Å². The number of nitrogens with zero attached hydrogens (tertiary/aromatic N) is 1. The number of carbonyl (C=O) groups excluding carboxylic acids is 3. The standard InChI is InChI=1S/C11H17NO.C10H21NO.C5H11N.C3H7NO.C3H6O.C3H8/c1-9(8-12-2)7-10-3-5-11(13)6-4-10;1-3-4-5-6-7-8-11-9-10(2)12;1-6-4-2-3-5-6;1-2-3(4)5;1-3(2)4;1-3-2/h3-6,9,12-13H,7-8H2,1-2H3;11H,3-9H2,1-2H3;2-5H2,1H3;2H2,1H3,(H2,4,5);1-2H3;3H2,1-2H3. The van der Waals surface area contributed by atoms with Gasteiger partial charge in [-0.1, -0.05) is 78.9 Å². The van der Waals surface area contributed by atoms with Crippen LogP contribution in [-0.2, 0) is 20.8 Å². The lowest BCUT2D eigenvalue weighted by atomic mass is 10.0. The van der Waals surface area contributed by atoms with Crippen molar-refractivity contribution in [2.45, 2.75) is 120 Å². The average Bonchev–Trinajstić information content (AvgIpc) is 3.41. The van der Waals surface area contributed by atoms with Gasteiger partial charge >= 0.3 is 0 Å². The zero-order chi connectivity index (χ0) is 33.9. The predicted octanol–water partition coefficient (Wildman–Crippen LogP) is 6.53. The highest BCUT2D eigenvalue weighted by molar-refractivity contribution is 5.77. The summed E-state index contributed by atoms with van der Waals surface area (Å²) in [4.78, 5) is 31.9. The summed E-state index contributed by atoms with van der Waals surface area (Å²) in [5, 5.41) is 15.3. The smallest absolute Gasteiger partial charge is 0.217 e. The maximum Gasteiger partial charge on any atom is 0.217 e. The van der Waals surface area contributed by atoms with Gasteiger partial charge < -0.3 is 31.2 Å². The number of nitrogens with one attached hydrogen (secondary N) is 2. The molecule has 0 aliphatic carbocycles. The number of Topliss-reactive ketones (excluding diaryl/α,β-unsaturated/α-hetero) is 2. The number of phenols is 1. The third-order valence-electron chi connectivity index (χ3n) is 5.58. The van der Waals surface area contributed by atoms with Crippen LogP contribution in [0.15, 0.2) is 24.3 Å². The van der Waals surface area contributed by atoms with Crippen LogP contribution < -0.4 is 16.4 Å². The van der Waals surface area contributed by atoms with Crippen molar-refractivity contribution in [3.05, 3.63) is 29.8 Å². The number of ketones is 2. The molecule has 1 saturated heterocycles. The molecular formula is C35H70N4O4. The van der Waals surface area contributed by atoms with Crippen LogP contribution in [0.5, 0.6) is 5.75 Å². The van der Waals surface area contributed by atoms with E-state index in [1.165, 1.54) is 83.9 Å². The Bertz CT molecular complexity index is 732. The van der Waals surface area contributed by atoms with Crippen LogP contribution in [0.3, 0.4) is 0 Å². The number of carbonyl (C=O) groups is 3. The van der Waals surface area contributed by atoms with E-state index in [9.17, 15) is 14.4 Å². The summed E-state index contributed by atoms with van der Waals surface area (Å²) in [5.41, 5.74) is 5.93. The van der Waals surface area contributed by atoms with Gasteiger partial charge in [0, 0.05) is 6.42 Å². The molecule has 0 bridgehead atoms. The molecule has 1 aromatic carbocycles. The minimum atomic E-state index is -0.245. The van der Waals surface area contributed by atoms with E-state index >= 15 is 0 Å². The summed E-state index contributed by atoms with van der Waals surface area (Å²) in [6.07, 6.45) is 12.0. The van der Waals surface area contributed by atoms with Crippen LogP contribution in [0.2, 0.25) is 0 Å². The summed E-state index contributed by atoms with van der Waals surface area (Å²) in [6.45, 7) is 20.3. The Morgan fingerprint density at radius 3 is 1.74 bits per heavy atom. The third-order valence-corrected chi connectivity index (χ3v) is 5.58. The predicted molar refractivity (Wildman–Crippen MR) is 186 cm³/mol. The zero-order valence-corrected chi connectivity index (χ0v) is 29.7. The van der Waals surface area contributed by atoms with Crippen molar-refractivity contribution in [3.63, 3.8) is 0 Å². The minimum absolute atomic E-state index is 0.167. The molecule has 1 aliphatic rings. The van der Waals surface area contributed by atoms with Gasteiger partial charge in [0.25, 0.3) is 0 Å². The third kappa shape index (κ3) is 52.8. The van der Waals surface area contributed by atoms with Crippen molar-refractivity contribution in [2.75, 3.05) is 46.8 Å². The molecule has 2 rings (SSSR count). The Morgan fingerprint density at radius 1 is 0.930 bits per heavy atom. The lowest BCUT2D eigenvalue weighted by Crippen LogP contribution is -2.21. The van der Waals surface area contributed by atoms with Gasteiger partial charge in [-0.05, 0) is 110 Å². The molecule has 1 unspecified atom stereocenters. The number of rotatable bonds is 13.